The van der Waals surface area contributed by atoms with Gasteiger partial charge in [0.1, 0.15) is 17.9 Å². The molecule has 1 N–H and O–H groups in total. The highest BCUT2D eigenvalue weighted by Crippen LogP contribution is 2.22. The smallest absolute Gasteiger partial charge is 0.341 e. The molecule has 1 aromatic heterocycles. The van der Waals surface area contributed by atoms with Crippen LogP contribution in [0.25, 0.3) is 0 Å². The first kappa shape index (κ1) is 15.4. The molecule has 0 aliphatic carbocycles. The monoisotopic (exact) mass is 266 g/mol. The fourth-order valence-electron chi connectivity index (χ4n) is 1.99. The van der Waals surface area contributed by atoms with Crippen molar-refractivity contribution >= 4 is 5.97 Å². The highest BCUT2D eigenvalue weighted by Gasteiger charge is 2.16. The molecule has 19 heavy (non-hydrogen) atoms. The minimum Gasteiger partial charge on any atom is -0.491 e. The average molecular weight is 266 g/mol. The number of pyridine rings is 1. The first-order valence-electron chi connectivity index (χ1n) is 6.56. The first-order chi connectivity index (χ1) is 8.99. The van der Waals surface area contributed by atoms with Crippen molar-refractivity contribution in [1.82, 2.24) is 9.88 Å². The van der Waals surface area contributed by atoms with E-state index < -0.39 is 5.97 Å². The number of likely N-dealkylation sites (N-methyl/N-ethyl adjacent to an activating group) is 1. The minimum atomic E-state index is -0.997. The molecule has 0 saturated heterocycles. The minimum absolute atomic E-state index is 0.158. The lowest BCUT2D eigenvalue weighted by atomic mass is 10.1. The molecule has 0 bridgehead atoms. The van der Waals surface area contributed by atoms with Crippen LogP contribution in [-0.4, -0.2) is 47.2 Å². The Morgan fingerprint density at radius 3 is 2.53 bits per heavy atom. The molecule has 5 heteroatoms. The molecule has 0 saturated carbocycles. The van der Waals surface area contributed by atoms with Gasteiger partial charge in [0.15, 0.2) is 0 Å². The van der Waals surface area contributed by atoms with E-state index in [4.69, 9.17) is 4.74 Å². The summed E-state index contributed by atoms with van der Waals surface area (Å²) in [6.45, 7) is 10.9. The van der Waals surface area contributed by atoms with E-state index in [0.29, 0.717) is 18.1 Å². The molecule has 5 nitrogen and oxygen atoms in total. The van der Waals surface area contributed by atoms with Crippen LogP contribution in [0.1, 0.15) is 35.6 Å². The summed E-state index contributed by atoms with van der Waals surface area (Å²) in [7, 11) is 0. The predicted molar refractivity (Wildman–Crippen MR) is 74.0 cm³/mol. The fraction of sp³-hybridized carbons (Fsp3) is 0.571. The normalized spacial score (nSPS) is 10.8. The van der Waals surface area contributed by atoms with Gasteiger partial charge in [-0.25, -0.2) is 4.79 Å². The lowest BCUT2D eigenvalue weighted by molar-refractivity contribution is 0.0690. The Balaban J connectivity index is 2.80. The summed E-state index contributed by atoms with van der Waals surface area (Å²) in [5, 5.41) is 9.21. The van der Waals surface area contributed by atoms with Crippen LogP contribution in [0.4, 0.5) is 0 Å². The van der Waals surface area contributed by atoms with E-state index >= 15 is 0 Å². The van der Waals surface area contributed by atoms with Gasteiger partial charge in [-0.05, 0) is 26.9 Å². The van der Waals surface area contributed by atoms with Crippen LogP contribution in [0.15, 0.2) is 6.07 Å². The van der Waals surface area contributed by atoms with Crippen molar-refractivity contribution in [3.8, 4) is 5.75 Å². The topological polar surface area (TPSA) is 62.7 Å². The number of hydrogen-bond acceptors (Lipinski definition) is 4. The third-order valence-electron chi connectivity index (χ3n) is 3.07. The molecule has 0 spiro atoms. The first-order valence-corrected chi connectivity index (χ1v) is 6.56. The molecule has 0 radical (unpaired) electrons. The van der Waals surface area contributed by atoms with E-state index in [9.17, 15) is 9.90 Å². The quantitative estimate of drug-likeness (QED) is 0.819. The number of aromatic carboxylic acids is 1. The number of hydrogen-bond donors (Lipinski definition) is 1. The zero-order valence-electron chi connectivity index (χ0n) is 12.1. The van der Waals surface area contributed by atoms with Crippen LogP contribution < -0.4 is 4.74 Å². The number of ether oxygens (including phenoxy) is 1. The largest absolute Gasteiger partial charge is 0.491 e. The van der Waals surface area contributed by atoms with Gasteiger partial charge in [0.2, 0.25) is 0 Å². The van der Waals surface area contributed by atoms with Gasteiger partial charge in [-0.15, -0.1) is 0 Å². The standard InChI is InChI=1S/C14H22N2O3/c1-5-16(6-2)7-8-19-12-9-10(3)15-11(4)13(12)14(17)18/h9H,5-8H2,1-4H3,(H,17,18). The summed E-state index contributed by atoms with van der Waals surface area (Å²) >= 11 is 0. The van der Waals surface area contributed by atoms with Crippen molar-refractivity contribution in [3.05, 3.63) is 23.0 Å². The van der Waals surface area contributed by atoms with Crippen molar-refractivity contribution in [2.75, 3.05) is 26.2 Å². The third-order valence-corrected chi connectivity index (χ3v) is 3.07. The van der Waals surface area contributed by atoms with Crippen molar-refractivity contribution in [1.29, 1.82) is 0 Å². The van der Waals surface area contributed by atoms with E-state index in [2.05, 4.69) is 23.7 Å². The molecule has 1 aromatic rings. The maximum Gasteiger partial charge on any atom is 0.341 e. The van der Waals surface area contributed by atoms with Gasteiger partial charge in [-0.3, -0.25) is 4.98 Å². The fourth-order valence-corrected chi connectivity index (χ4v) is 1.99. The van der Waals surface area contributed by atoms with E-state index in [1.54, 1.807) is 13.0 Å². The van der Waals surface area contributed by atoms with Crippen molar-refractivity contribution < 1.29 is 14.6 Å². The van der Waals surface area contributed by atoms with Crippen molar-refractivity contribution in [2.24, 2.45) is 0 Å². The van der Waals surface area contributed by atoms with Crippen LogP contribution >= 0.6 is 0 Å². The predicted octanol–water partition coefficient (Wildman–Crippen LogP) is 2.12. The molecule has 0 atom stereocenters. The van der Waals surface area contributed by atoms with E-state index in [1.165, 1.54) is 0 Å². The van der Waals surface area contributed by atoms with Gasteiger partial charge in [0.25, 0.3) is 0 Å². The molecular weight excluding hydrogens is 244 g/mol. The lowest BCUT2D eigenvalue weighted by Gasteiger charge is -2.19. The molecule has 0 fully saturated rings. The maximum absolute atomic E-state index is 11.2. The zero-order valence-corrected chi connectivity index (χ0v) is 12.1. The van der Waals surface area contributed by atoms with Crippen molar-refractivity contribution in [3.63, 3.8) is 0 Å². The highest BCUT2D eigenvalue weighted by molar-refractivity contribution is 5.92. The molecular formula is C14H22N2O3. The number of aryl methyl sites for hydroxylation is 2. The van der Waals surface area contributed by atoms with Gasteiger partial charge in [-0.1, -0.05) is 13.8 Å². The number of carbonyl (C=O) groups is 1. The van der Waals surface area contributed by atoms with Gasteiger partial charge in [0, 0.05) is 18.3 Å². The van der Waals surface area contributed by atoms with Crippen LogP contribution in [-0.2, 0) is 0 Å². The number of rotatable bonds is 7. The van der Waals surface area contributed by atoms with E-state index in [0.717, 1.165) is 25.3 Å². The Morgan fingerprint density at radius 2 is 2.00 bits per heavy atom. The second kappa shape index (κ2) is 7.09. The molecule has 106 valence electrons. The number of carboxylic acids is 1. The van der Waals surface area contributed by atoms with Gasteiger partial charge in [0.05, 0.1) is 5.69 Å². The second-order valence-corrected chi connectivity index (χ2v) is 4.40. The molecule has 0 aliphatic heterocycles. The summed E-state index contributed by atoms with van der Waals surface area (Å²) in [5.41, 5.74) is 1.41. The molecule has 0 aromatic carbocycles. The van der Waals surface area contributed by atoms with E-state index in [-0.39, 0.29) is 5.56 Å². The summed E-state index contributed by atoms with van der Waals surface area (Å²) in [6.07, 6.45) is 0. The highest BCUT2D eigenvalue weighted by atomic mass is 16.5. The Hall–Kier alpha value is -1.62. The molecule has 0 unspecified atom stereocenters. The molecule has 0 amide bonds. The van der Waals surface area contributed by atoms with Crippen LogP contribution in [0, 0.1) is 13.8 Å². The summed E-state index contributed by atoms with van der Waals surface area (Å²) in [4.78, 5) is 17.6. The third kappa shape index (κ3) is 4.21. The molecule has 0 aliphatic rings. The van der Waals surface area contributed by atoms with Gasteiger partial charge in [-0.2, -0.15) is 0 Å². The van der Waals surface area contributed by atoms with Crippen LogP contribution in [0.2, 0.25) is 0 Å². The average Bonchev–Trinajstić information content (AvgIpc) is 2.33. The number of carboxylic acid groups (broad SMARTS) is 1. The Kier molecular flexibility index (Phi) is 5.76. The zero-order chi connectivity index (χ0) is 14.4. The van der Waals surface area contributed by atoms with Gasteiger partial charge < -0.3 is 14.7 Å². The van der Waals surface area contributed by atoms with Crippen LogP contribution in [0.3, 0.4) is 0 Å². The Bertz CT molecular complexity index is 443. The summed E-state index contributed by atoms with van der Waals surface area (Å²) in [5.74, 6) is -0.590. The van der Waals surface area contributed by atoms with Crippen molar-refractivity contribution in [2.45, 2.75) is 27.7 Å². The SMILES string of the molecule is CCN(CC)CCOc1cc(C)nc(C)c1C(=O)O. The number of aromatic nitrogens is 1. The van der Waals surface area contributed by atoms with Crippen LogP contribution in [0.5, 0.6) is 5.75 Å². The summed E-state index contributed by atoms with van der Waals surface area (Å²) in [6, 6.07) is 1.68. The summed E-state index contributed by atoms with van der Waals surface area (Å²) < 4.78 is 5.63. The number of nitrogens with zero attached hydrogens (tertiary/aromatic N) is 2. The maximum atomic E-state index is 11.2. The molecule has 1 rings (SSSR count). The second-order valence-electron chi connectivity index (χ2n) is 4.40. The van der Waals surface area contributed by atoms with Gasteiger partial charge >= 0.3 is 5.97 Å². The Morgan fingerprint density at radius 1 is 1.37 bits per heavy atom. The van der Waals surface area contributed by atoms with E-state index in [1.807, 2.05) is 6.92 Å². The lowest BCUT2D eigenvalue weighted by Crippen LogP contribution is -2.28. The Labute approximate surface area is 114 Å². The molecule has 1 heterocycles.